The fraction of sp³-hybridized carbons (Fsp3) is 0.409. The Bertz CT molecular complexity index is 1000. The summed E-state index contributed by atoms with van der Waals surface area (Å²) in [7, 11) is 0. The number of anilines is 2. The molecule has 0 unspecified atom stereocenters. The van der Waals surface area contributed by atoms with Crippen LogP contribution >= 0.6 is 0 Å². The molecule has 4 rings (SSSR count). The molecule has 1 fully saturated rings. The van der Waals surface area contributed by atoms with E-state index in [4.69, 9.17) is 0 Å². The molecule has 0 spiro atoms. The van der Waals surface area contributed by atoms with E-state index in [1.54, 1.807) is 4.90 Å². The van der Waals surface area contributed by atoms with Crippen molar-refractivity contribution in [2.75, 3.05) is 29.4 Å². The van der Waals surface area contributed by atoms with Crippen molar-refractivity contribution >= 4 is 23.0 Å². The fourth-order valence-electron chi connectivity index (χ4n) is 4.46. The molecule has 2 aromatic rings. The van der Waals surface area contributed by atoms with Crippen LogP contribution in [-0.2, 0) is 17.4 Å². The molecule has 0 saturated carbocycles. The van der Waals surface area contributed by atoms with Crippen LogP contribution in [0.1, 0.15) is 30.4 Å². The molecule has 0 atom stereocenters. The molecule has 2 heterocycles. The number of para-hydroxylation sites is 1. The summed E-state index contributed by atoms with van der Waals surface area (Å²) in [6.07, 6.45) is -1.81. The number of nitro benzene ring substituents is 1. The third-order valence-electron chi connectivity index (χ3n) is 6.06. The van der Waals surface area contributed by atoms with E-state index in [0.717, 1.165) is 36.2 Å². The molecule has 1 amide bonds. The molecule has 6 nitrogen and oxygen atoms in total. The van der Waals surface area contributed by atoms with E-state index >= 15 is 0 Å². The van der Waals surface area contributed by atoms with Crippen LogP contribution < -0.4 is 9.80 Å². The maximum Gasteiger partial charge on any atom is 0.416 e. The number of hydrogen-bond acceptors (Lipinski definition) is 4. The molecule has 164 valence electrons. The van der Waals surface area contributed by atoms with Crippen LogP contribution in [0.2, 0.25) is 0 Å². The van der Waals surface area contributed by atoms with Gasteiger partial charge in [0.1, 0.15) is 5.69 Å². The third-order valence-corrected chi connectivity index (χ3v) is 6.06. The number of halogens is 3. The maximum atomic E-state index is 13.2. The average Bonchev–Trinajstić information content (AvgIpc) is 2.77. The number of carbonyl (C=O) groups is 1. The highest BCUT2D eigenvalue weighted by molar-refractivity contribution is 5.96. The van der Waals surface area contributed by atoms with Crippen molar-refractivity contribution in [1.29, 1.82) is 0 Å². The second-order valence-electron chi connectivity index (χ2n) is 7.94. The van der Waals surface area contributed by atoms with Crippen molar-refractivity contribution in [2.24, 2.45) is 5.92 Å². The zero-order valence-electron chi connectivity index (χ0n) is 16.8. The molecule has 0 N–H and O–H groups in total. The summed E-state index contributed by atoms with van der Waals surface area (Å²) in [6.45, 7) is 1.41. The summed E-state index contributed by atoms with van der Waals surface area (Å²) in [4.78, 5) is 27.3. The number of fused-ring (bicyclic) bond motifs is 1. The lowest BCUT2D eigenvalue weighted by Crippen LogP contribution is -2.44. The van der Waals surface area contributed by atoms with Gasteiger partial charge in [0, 0.05) is 37.3 Å². The highest BCUT2D eigenvalue weighted by atomic mass is 19.4. The number of nitrogens with zero attached hydrogens (tertiary/aromatic N) is 3. The van der Waals surface area contributed by atoms with Gasteiger partial charge in [0.25, 0.3) is 5.69 Å². The molecule has 0 bridgehead atoms. The lowest BCUT2D eigenvalue weighted by molar-refractivity contribution is -0.384. The van der Waals surface area contributed by atoms with E-state index in [0.29, 0.717) is 38.5 Å². The maximum absolute atomic E-state index is 13.2. The molecule has 0 aliphatic carbocycles. The predicted octanol–water partition coefficient (Wildman–Crippen LogP) is 4.81. The summed E-state index contributed by atoms with van der Waals surface area (Å²) in [6, 6.07) is 10.5. The van der Waals surface area contributed by atoms with E-state index in [-0.39, 0.29) is 17.5 Å². The minimum Gasteiger partial charge on any atom is -0.366 e. The Balaban J connectivity index is 1.48. The summed E-state index contributed by atoms with van der Waals surface area (Å²) in [5.41, 5.74) is 0.646. The van der Waals surface area contributed by atoms with Gasteiger partial charge in [-0.15, -0.1) is 0 Å². The van der Waals surface area contributed by atoms with E-state index in [2.05, 4.69) is 0 Å². The Kier molecular flexibility index (Phi) is 5.60. The van der Waals surface area contributed by atoms with Gasteiger partial charge in [0.2, 0.25) is 5.91 Å². The molecular formula is C22H22F3N3O3. The van der Waals surface area contributed by atoms with Crippen LogP contribution in [-0.4, -0.2) is 30.5 Å². The molecule has 0 aromatic heterocycles. The Morgan fingerprint density at radius 2 is 1.74 bits per heavy atom. The van der Waals surface area contributed by atoms with Gasteiger partial charge in [0.05, 0.1) is 10.5 Å². The van der Waals surface area contributed by atoms with Crippen LogP contribution in [0.4, 0.5) is 30.2 Å². The monoisotopic (exact) mass is 433 g/mol. The number of carbonyl (C=O) groups excluding carboxylic acids is 1. The van der Waals surface area contributed by atoms with Gasteiger partial charge in [-0.25, -0.2) is 0 Å². The summed E-state index contributed by atoms with van der Waals surface area (Å²) in [5, 5.41) is 11.4. The molecule has 2 aliphatic rings. The molecule has 2 aliphatic heterocycles. The van der Waals surface area contributed by atoms with Gasteiger partial charge in [0.15, 0.2) is 0 Å². The molecule has 31 heavy (non-hydrogen) atoms. The normalized spacial score (nSPS) is 17.4. The zero-order valence-corrected chi connectivity index (χ0v) is 16.8. The summed E-state index contributed by atoms with van der Waals surface area (Å²) < 4.78 is 38.8. The molecule has 1 saturated heterocycles. The summed E-state index contributed by atoms with van der Waals surface area (Å²) >= 11 is 0. The van der Waals surface area contributed by atoms with Gasteiger partial charge in [-0.2, -0.15) is 13.2 Å². The van der Waals surface area contributed by atoms with Crippen molar-refractivity contribution in [1.82, 2.24) is 0 Å². The smallest absolute Gasteiger partial charge is 0.366 e. The number of nitro groups is 1. The van der Waals surface area contributed by atoms with Crippen molar-refractivity contribution < 1.29 is 22.9 Å². The quantitative estimate of drug-likeness (QED) is 0.515. The second-order valence-corrected chi connectivity index (χ2v) is 7.94. The van der Waals surface area contributed by atoms with E-state index in [1.165, 1.54) is 0 Å². The van der Waals surface area contributed by atoms with Gasteiger partial charge in [-0.3, -0.25) is 14.9 Å². The number of piperidine rings is 1. The Hall–Kier alpha value is -3.10. The number of alkyl halides is 3. The molecule has 9 heteroatoms. The van der Waals surface area contributed by atoms with Crippen molar-refractivity contribution in [2.45, 2.75) is 31.9 Å². The van der Waals surface area contributed by atoms with Crippen LogP contribution in [0.5, 0.6) is 0 Å². The first-order valence-electron chi connectivity index (χ1n) is 10.3. The Labute approximate surface area is 177 Å². The van der Waals surface area contributed by atoms with Crippen molar-refractivity contribution in [3.05, 3.63) is 63.7 Å². The van der Waals surface area contributed by atoms with Crippen LogP contribution in [0.15, 0.2) is 42.5 Å². The minimum absolute atomic E-state index is 0.0497. The van der Waals surface area contributed by atoms with E-state index in [9.17, 15) is 28.1 Å². The van der Waals surface area contributed by atoms with Crippen molar-refractivity contribution in [3.8, 4) is 0 Å². The first kappa shape index (κ1) is 21.1. The lowest BCUT2D eigenvalue weighted by atomic mass is 9.92. The third kappa shape index (κ3) is 4.22. The average molecular weight is 433 g/mol. The second kappa shape index (κ2) is 8.20. The molecule has 0 radical (unpaired) electrons. The summed E-state index contributed by atoms with van der Waals surface area (Å²) in [5.74, 6) is -0.162. The van der Waals surface area contributed by atoms with Gasteiger partial charge in [-0.05, 0) is 49.4 Å². The first-order chi connectivity index (χ1) is 14.8. The SMILES string of the molecule is O=C(C1CCN(c2ccc(C(F)(F)F)cc2[N+](=O)[O-])CC1)N1CCCc2ccccc21. The topological polar surface area (TPSA) is 66.7 Å². The van der Waals surface area contributed by atoms with E-state index in [1.807, 2.05) is 29.2 Å². The number of rotatable bonds is 3. The number of aryl methyl sites for hydroxylation is 1. The zero-order chi connectivity index (χ0) is 22.2. The number of amides is 1. The number of hydrogen-bond donors (Lipinski definition) is 0. The van der Waals surface area contributed by atoms with Gasteiger partial charge < -0.3 is 9.80 Å². The molecular weight excluding hydrogens is 411 g/mol. The van der Waals surface area contributed by atoms with Crippen LogP contribution in [0.3, 0.4) is 0 Å². The Morgan fingerprint density at radius 1 is 1.03 bits per heavy atom. The standard InChI is InChI=1S/C22H22F3N3O3/c23-22(24,25)17-7-8-19(20(14-17)28(30)31)26-12-9-16(10-13-26)21(29)27-11-3-5-15-4-1-2-6-18(15)27/h1-2,4,6-8,14,16H,3,5,9-13H2. The highest BCUT2D eigenvalue weighted by Crippen LogP contribution is 2.38. The minimum atomic E-state index is -4.65. The van der Waals surface area contributed by atoms with Gasteiger partial charge >= 0.3 is 6.18 Å². The first-order valence-corrected chi connectivity index (χ1v) is 10.3. The number of benzene rings is 2. The van der Waals surface area contributed by atoms with E-state index < -0.39 is 22.4 Å². The lowest BCUT2D eigenvalue weighted by Gasteiger charge is -2.37. The fourth-order valence-corrected chi connectivity index (χ4v) is 4.46. The highest BCUT2D eigenvalue weighted by Gasteiger charge is 2.36. The van der Waals surface area contributed by atoms with Crippen molar-refractivity contribution in [3.63, 3.8) is 0 Å². The van der Waals surface area contributed by atoms with Crippen LogP contribution in [0, 0.1) is 16.0 Å². The Morgan fingerprint density at radius 3 is 2.42 bits per heavy atom. The van der Waals surface area contributed by atoms with Gasteiger partial charge in [-0.1, -0.05) is 18.2 Å². The van der Waals surface area contributed by atoms with Crippen LogP contribution in [0.25, 0.3) is 0 Å². The predicted molar refractivity (Wildman–Crippen MR) is 110 cm³/mol. The largest absolute Gasteiger partial charge is 0.416 e. The molecule has 2 aromatic carbocycles.